The number of alkyl halides is 3. The predicted molar refractivity (Wildman–Crippen MR) is 129 cm³/mol. The molecule has 3 rings (SSSR count). The molecule has 1 fully saturated rings. The third kappa shape index (κ3) is 5.74. The monoisotopic (exact) mass is 507 g/mol. The van der Waals surface area contributed by atoms with Crippen molar-refractivity contribution in [3.8, 4) is 0 Å². The second-order valence-corrected chi connectivity index (χ2v) is 9.02. The molecule has 0 atom stereocenters. The smallest absolute Gasteiger partial charge is 0.416 e. The number of carbonyl (C=O) groups excluding carboxylic acids is 3. The lowest BCUT2D eigenvalue weighted by atomic mass is 9.93. The minimum atomic E-state index is -4.48. The second-order valence-electron chi connectivity index (χ2n) is 9.02. The summed E-state index contributed by atoms with van der Waals surface area (Å²) < 4.78 is 45.3. The van der Waals surface area contributed by atoms with Crippen molar-refractivity contribution in [2.75, 3.05) is 19.0 Å². The molecular weight excluding hydrogens is 475 g/mol. The molecule has 1 N–H and O–H groups in total. The number of benzene rings is 1. The van der Waals surface area contributed by atoms with E-state index in [0.717, 1.165) is 44.2 Å². The van der Waals surface area contributed by atoms with E-state index >= 15 is 0 Å². The standard InChI is InChI=1S/C26H32F3N3O4/c1-5-31-17(3)22(16(2)23(31)24(34)36-4)21(33)15-32(20-9-7-6-8-10-20)25(35)30-19-13-11-18(12-14-19)26(27,28)29/h11-14,20H,5-10,15H2,1-4H3,(H,30,35). The van der Waals surface area contributed by atoms with E-state index in [1.54, 1.807) is 18.4 Å². The zero-order valence-electron chi connectivity index (χ0n) is 21.0. The van der Waals surface area contributed by atoms with Gasteiger partial charge in [-0.3, -0.25) is 4.79 Å². The number of aromatic nitrogens is 1. The summed E-state index contributed by atoms with van der Waals surface area (Å²) in [7, 11) is 1.28. The molecule has 0 saturated heterocycles. The molecular formula is C26H32F3N3O4. The van der Waals surface area contributed by atoms with Crippen molar-refractivity contribution in [3.63, 3.8) is 0 Å². The van der Waals surface area contributed by atoms with Crippen LogP contribution in [0.4, 0.5) is 23.7 Å². The topological polar surface area (TPSA) is 80.6 Å². The van der Waals surface area contributed by atoms with Gasteiger partial charge in [0.15, 0.2) is 5.78 Å². The van der Waals surface area contributed by atoms with Crippen LogP contribution in [0.2, 0.25) is 0 Å². The lowest BCUT2D eigenvalue weighted by molar-refractivity contribution is -0.137. The summed E-state index contributed by atoms with van der Waals surface area (Å²) in [4.78, 5) is 40.6. The largest absolute Gasteiger partial charge is 0.464 e. The van der Waals surface area contributed by atoms with Gasteiger partial charge in [0.25, 0.3) is 0 Å². The van der Waals surface area contributed by atoms with Gasteiger partial charge in [-0.2, -0.15) is 13.2 Å². The van der Waals surface area contributed by atoms with Crippen molar-refractivity contribution in [2.24, 2.45) is 0 Å². The molecule has 1 heterocycles. The molecule has 1 aromatic carbocycles. The summed E-state index contributed by atoms with van der Waals surface area (Å²) >= 11 is 0. The molecule has 196 valence electrons. The van der Waals surface area contributed by atoms with Crippen LogP contribution in [0, 0.1) is 13.8 Å². The third-order valence-electron chi connectivity index (χ3n) is 6.79. The molecule has 0 radical (unpaired) electrons. The Morgan fingerprint density at radius 2 is 1.69 bits per heavy atom. The molecule has 1 aliphatic carbocycles. The van der Waals surface area contributed by atoms with Crippen LogP contribution in [0.25, 0.3) is 0 Å². The van der Waals surface area contributed by atoms with Gasteiger partial charge in [0.2, 0.25) is 0 Å². The summed E-state index contributed by atoms with van der Waals surface area (Å²) in [5.41, 5.74) is 1.19. The maximum atomic E-state index is 13.5. The van der Waals surface area contributed by atoms with Crippen molar-refractivity contribution in [2.45, 2.75) is 71.6 Å². The van der Waals surface area contributed by atoms with Crippen molar-refractivity contribution < 1.29 is 32.3 Å². The fourth-order valence-electron chi connectivity index (χ4n) is 4.99. The molecule has 0 bridgehead atoms. The normalized spacial score (nSPS) is 14.4. The number of rotatable bonds is 7. The number of urea groups is 1. The number of nitrogens with one attached hydrogen (secondary N) is 1. The van der Waals surface area contributed by atoms with Crippen molar-refractivity contribution in [1.29, 1.82) is 0 Å². The van der Waals surface area contributed by atoms with Crippen LogP contribution in [-0.2, 0) is 17.5 Å². The van der Waals surface area contributed by atoms with Crippen LogP contribution in [0.1, 0.15) is 76.7 Å². The van der Waals surface area contributed by atoms with E-state index in [-0.39, 0.29) is 24.1 Å². The number of anilines is 1. The van der Waals surface area contributed by atoms with Crippen LogP contribution < -0.4 is 5.32 Å². The van der Waals surface area contributed by atoms with Gasteiger partial charge < -0.3 is 19.5 Å². The maximum absolute atomic E-state index is 13.5. The Kier molecular flexibility index (Phi) is 8.47. The zero-order valence-corrected chi connectivity index (χ0v) is 21.0. The van der Waals surface area contributed by atoms with Gasteiger partial charge in [-0.05, 0) is 63.4 Å². The van der Waals surface area contributed by atoms with Gasteiger partial charge >= 0.3 is 18.2 Å². The molecule has 2 amide bonds. The highest BCUT2D eigenvalue weighted by atomic mass is 19.4. The first-order valence-corrected chi connectivity index (χ1v) is 12.1. The Morgan fingerprint density at radius 3 is 2.22 bits per heavy atom. The van der Waals surface area contributed by atoms with E-state index in [1.807, 2.05) is 6.92 Å². The number of nitrogens with zero attached hydrogens (tertiary/aromatic N) is 2. The fourth-order valence-corrected chi connectivity index (χ4v) is 4.99. The predicted octanol–water partition coefficient (Wildman–Crippen LogP) is 5.98. The number of esters is 1. The van der Waals surface area contributed by atoms with Gasteiger partial charge in [-0.25, -0.2) is 9.59 Å². The molecule has 0 unspecified atom stereocenters. The molecule has 2 aromatic rings. The average molecular weight is 508 g/mol. The van der Waals surface area contributed by atoms with Crippen molar-refractivity contribution in [3.05, 3.63) is 52.3 Å². The summed E-state index contributed by atoms with van der Waals surface area (Å²) in [6, 6.07) is 3.47. The van der Waals surface area contributed by atoms with Crippen LogP contribution in [0.3, 0.4) is 0 Å². The third-order valence-corrected chi connectivity index (χ3v) is 6.79. The number of ether oxygens (including phenoxy) is 1. The van der Waals surface area contributed by atoms with Gasteiger partial charge in [0.1, 0.15) is 5.69 Å². The Morgan fingerprint density at radius 1 is 1.08 bits per heavy atom. The number of Topliss-reactive ketones (excluding diaryl/α,β-unsaturated/α-hetero) is 1. The Balaban J connectivity index is 1.88. The quantitative estimate of drug-likeness (QED) is 0.369. The molecule has 1 aliphatic rings. The molecule has 0 aliphatic heterocycles. The summed E-state index contributed by atoms with van der Waals surface area (Å²) in [5, 5.41) is 2.65. The Labute approximate surface area is 208 Å². The van der Waals surface area contributed by atoms with E-state index < -0.39 is 23.7 Å². The number of hydrogen-bond acceptors (Lipinski definition) is 4. The maximum Gasteiger partial charge on any atom is 0.416 e. The minimum Gasteiger partial charge on any atom is -0.464 e. The lowest BCUT2D eigenvalue weighted by Crippen LogP contribution is -2.46. The minimum absolute atomic E-state index is 0.175. The summed E-state index contributed by atoms with van der Waals surface area (Å²) in [6.45, 7) is 5.55. The van der Waals surface area contributed by atoms with E-state index in [9.17, 15) is 27.6 Å². The molecule has 1 saturated carbocycles. The Hall–Kier alpha value is -3.30. The van der Waals surface area contributed by atoms with Gasteiger partial charge in [0, 0.05) is 29.5 Å². The molecule has 1 aromatic heterocycles. The zero-order chi connectivity index (χ0) is 26.6. The van der Waals surface area contributed by atoms with Crippen LogP contribution in [0.15, 0.2) is 24.3 Å². The second kappa shape index (κ2) is 11.2. The first-order chi connectivity index (χ1) is 17.0. The highest BCUT2D eigenvalue weighted by Gasteiger charge is 2.32. The number of amides is 2. The first-order valence-electron chi connectivity index (χ1n) is 12.1. The number of ketones is 1. The molecule has 10 heteroatoms. The van der Waals surface area contributed by atoms with E-state index in [0.29, 0.717) is 29.1 Å². The fraction of sp³-hybridized carbons (Fsp3) is 0.500. The van der Waals surface area contributed by atoms with E-state index in [2.05, 4.69) is 5.32 Å². The molecule has 7 nitrogen and oxygen atoms in total. The summed E-state index contributed by atoms with van der Waals surface area (Å²) in [5.74, 6) is -0.851. The number of methoxy groups -OCH3 is 1. The van der Waals surface area contributed by atoms with Crippen LogP contribution in [0.5, 0.6) is 0 Å². The lowest BCUT2D eigenvalue weighted by Gasteiger charge is -2.34. The number of halogens is 3. The van der Waals surface area contributed by atoms with Gasteiger partial charge in [-0.1, -0.05) is 19.3 Å². The number of carbonyl (C=O) groups is 3. The highest BCUT2D eigenvalue weighted by molar-refractivity contribution is 6.05. The average Bonchev–Trinajstić information content (AvgIpc) is 3.11. The SMILES string of the molecule is CCn1c(C)c(C(=O)CN(C(=O)Nc2ccc(C(F)(F)F)cc2)C2CCCCC2)c(C)c1C(=O)OC. The van der Waals surface area contributed by atoms with E-state index in [1.165, 1.54) is 24.1 Å². The van der Waals surface area contributed by atoms with Gasteiger partial charge in [0.05, 0.1) is 19.2 Å². The Bertz CT molecular complexity index is 1120. The van der Waals surface area contributed by atoms with Crippen LogP contribution in [-0.4, -0.2) is 46.9 Å². The van der Waals surface area contributed by atoms with Crippen molar-refractivity contribution >= 4 is 23.5 Å². The van der Waals surface area contributed by atoms with E-state index in [4.69, 9.17) is 4.74 Å². The highest BCUT2D eigenvalue weighted by Crippen LogP contribution is 2.30. The van der Waals surface area contributed by atoms with Gasteiger partial charge in [-0.15, -0.1) is 0 Å². The van der Waals surface area contributed by atoms with Crippen molar-refractivity contribution in [1.82, 2.24) is 9.47 Å². The summed E-state index contributed by atoms with van der Waals surface area (Å²) in [6.07, 6.45) is -0.140. The molecule has 0 spiro atoms. The number of hydrogen-bond donors (Lipinski definition) is 1. The van der Waals surface area contributed by atoms with Crippen LogP contribution >= 0.6 is 0 Å². The molecule has 36 heavy (non-hydrogen) atoms. The first kappa shape index (κ1) is 27.3.